The maximum atomic E-state index is 10.6. The number of nitrogens with two attached hydrogens (primary N) is 1. The van der Waals surface area contributed by atoms with E-state index in [0.29, 0.717) is 11.3 Å². The second-order valence-corrected chi connectivity index (χ2v) is 2.93. The van der Waals surface area contributed by atoms with Crippen LogP contribution < -0.4 is 5.73 Å². The molecule has 0 radical (unpaired) electrons. The molecule has 0 fully saturated rings. The molecule has 1 aromatic carbocycles. The van der Waals surface area contributed by atoms with E-state index in [1.54, 1.807) is 24.3 Å². The topological polar surface area (TPSA) is 89.3 Å². The molecule has 76 valence electrons. The second kappa shape index (κ2) is 3.45. The Labute approximate surface area is 85.2 Å². The molecule has 1 aromatic heterocycles. The minimum Gasteiger partial charge on any atom is -0.476 e. The largest absolute Gasteiger partial charge is 0.476 e. The van der Waals surface area contributed by atoms with Gasteiger partial charge in [-0.2, -0.15) is 0 Å². The first-order valence-corrected chi connectivity index (χ1v) is 4.22. The predicted molar refractivity (Wildman–Crippen MR) is 53.3 cm³/mol. The van der Waals surface area contributed by atoms with Crippen LogP contribution in [0.2, 0.25) is 0 Å². The van der Waals surface area contributed by atoms with Crippen molar-refractivity contribution in [2.75, 3.05) is 5.73 Å². The maximum Gasteiger partial charge on any atom is 0.357 e. The summed E-state index contributed by atoms with van der Waals surface area (Å²) in [5, 5.41) is 8.66. The number of aromatic nitrogens is 1. The summed E-state index contributed by atoms with van der Waals surface area (Å²) in [6.45, 7) is 0. The van der Waals surface area contributed by atoms with Crippen LogP contribution in [-0.4, -0.2) is 16.1 Å². The number of carboxylic acid groups (broad SMARTS) is 1. The standard InChI is InChI=1S/C10H8N2O3/c11-7-4-2-1-3-6(7)9-12-8(5-15-9)10(13)14/h1-5H,11H2,(H,13,14). The van der Waals surface area contributed by atoms with Gasteiger partial charge in [-0.05, 0) is 12.1 Å². The fraction of sp³-hybridized carbons (Fsp3) is 0. The minimum atomic E-state index is -1.13. The monoisotopic (exact) mass is 204 g/mol. The molecule has 3 N–H and O–H groups in total. The fourth-order valence-electron chi connectivity index (χ4n) is 1.19. The van der Waals surface area contributed by atoms with Crippen molar-refractivity contribution in [3.8, 4) is 11.5 Å². The molecule has 0 bridgehead atoms. The molecule has 0 aliphatic carbocycles. The number of hydrogen-bond donors (Lipinski definition) is 2. The second-order valence-electron chi connectivity index (χ2n) is 2.93. The van der Waals surface area contributed by atoms with Gasteiger partial charge in [0.25, 0.3) is 0 Å². The van der Waals surface area contributed by atoms with Crippen LogP contribution in [0.4, 0.5) is 5.69 Å². The van der Waals surface area contributed by atoms with Crippen molar-refractivity contribution in [1.29, 1.82) is 0 Å². The Hall–Kier alpha value is -2.30. The molecule has 0 amide bonds. The van der Waals surface area contributed by atoms with Gasteiger partial charge in [0.05, 0.1) is 5.56 Å². The van der Waals surface area contributed by atoms with Gasteiger partial charge in [-0.3, -0.25) is 0 Å². The summed E-state index contributed by atoms with van der Waals surface area (Å²) in [4.78, 5) is 14.4. The lowest BCUT2D eigenvalue weighted by molar-refractivity contribution is 0.0690. The average molecular weight is 204 g/mol. The molecular weight excluding hydrogens is 196 g/mol. The lowest BCUT2D eigenvalue weighted by atomic mass is 10.2. The number of oxazole rings is 1. The van der Waals surface area contributed by atoms with Gasteiger partial charge in [-0.15, -0.1) is 0 Å². The normalized spacial score (nSPS) is 10.1. The Morgan fingerprint density at radius 3 is 2.73 bits per heavy atom. The van der Waals surface area contributed by atoms with E-state index in [-0.39, 0.29) is 11.6 Å². The Morgan fingerprint density at radius 1 is 1.40 bits per heavy atom. The molecular formula is C10H8N2O3. The van der Waals surface area contributed by atoms with Gasteiger partial charge in [-0.1, -0.05) is 12.1 Å². The highest BCUT2D eigenvalue weighted by Gasteiger charge is 2.13. The highest BCUT2D eigenvalue weighted by molar-refractivity contribution is 5.85. The van der Waals surface area contributed by atoms with Crippen molar-refractivity contribution < 1.29 is 14.3 Å². The summed E-state index contributed by atoms with van der Waals surface area (Å²) in [6.07, 6.45) is 1.09. The Kier molecular flexibility index (Phi) is 2.13. The van der Waals surface area contributed by atoms with Gasteiger partial charge in [0.2, 0.25) is 5.89 Å². The van der Waals surface area contributed by atoms with Gasteiger partial charge in [0.1, 0.15) is 6.26 Å². The SMILES string of the molecule is Nc1ccccc1-c1nc(C(=O)O)co1. The molecule has 0 unspecified atom stereocenters. The molecule has 5 nitrogen and oxygen atoms in total. The summed E-state index contributed by atoms with van der Waals surface area (Å²) in [5.41, 5.74) is 6.64. The maximum absolute atomic E-state index is 10.6. The van der Waals surface area contributed by atoms with Crippen LogP contribution in [0.15, 0.2) is 34.9 Å². The lowest BCUT2D eigenvalue weighted by Crippen LogP contribution is -1.96. The molecule has 15 heavy (non-hydrogen) atoms. The van der Waals surface area contributed by atoms with E-state index in [1.807, 2.05) is 0 Å². The minimum absolute atomic E-state index is 0.131. The van der Waals surface area contributed by atoms with E-state index >= 15 is 0 Å². The van der Waals surface area contributed by atoms with Crippen molar-refractivity contribution in [3.63, 3.8) is 0 Å². The van der Waals surface area contributed by atoms with E-state index in [1.165, 1.54) is 0 Å². The highest BCUT2D eigenvalue weighted by atomic mass is 16.4. The average Bonchev–Trinajstić information content (AvgIpc) is 2.67. The zero-order valence-electron chi connectivity index (χ0n) is 7.68. The molecule has 0 aliphatic rings. The van der Waals surface area contributed by atoms with Crippen molar-refractivity contribution in [1.82, 2.24) is 4.98 Å². The zero-order valence-corrected chi connectivity index (χ0v) is 7.68. The smallest absolute Gasteiger partial charge is 0.357 e. The molecule has 0 saturated carbocycles. The summed E-state index contributed by atoms with van der Waals surface area (Å²) in [6, 6.07) is 6.96. The number of para-hydroxylation sites is 1. The Morgan fingerprint density at radius 2 is 2.13 bits per heavy atom. The Bertz CT molecular complexity index is 505. The molecule has 5 heteroatoms. The number of nitrogens with zero attached hydrogens (tertiary/aromatic N) is 1. The predicted octanol–water partition coefficient (Wildman–Crippen LogP) is 1.62. The van der Waals surface area contributed by atoms with Crippen molar-refractivity contribution in [2.45, 2.75) is 0 Å². The van der Waals surface area contributed by atoms with Crippen LogP contribution in [0.25, 0.3) is 11.5 Å². The Balaban J connectivity index is 2.46. The number of nitrogen functional groups attached to an aromatic ring is 1. The number of aromatic carboxylic acids is 1. The molecule has 0 saturated heterocycles. The van der Waals surface area contributed by atoms with Gasteiger partial charge in [0.15, 0.2) is 5.69 Å². The van der Waals surface area contributed by atoms with E-state index in [0.717, 1.165) is 6.26 Å². The number of benzene rings is 1. The number of carboxylic acids is 1. The van der Waals surface area contributed by atoms with E-state index in [4.69, 9.17) is 15.3 Å². The molecule has 0 aliphatic heterocycles. The van der Waals surface area contributed by atoms with Gasteiger partial charge < -0.3 is 15.3 Å². The summed E-state index contributed by atoms with van der Waals surface area (Å²) in [7, 11) is 0. The van der Waals surface area contributed by atoms with E-state index < -0.39 is 5.97 Å². The van der Waals surface area contributed by atoms with E-state index in [9.17, 15) is 4.79 Å². The van der Waals surface area contributed by atoms with Gasteiger partial charge in [-0.25, -0.2) is 9.78 Å². The summed E-state index contributed by atoms with van der Waals surface area (Å²) in [5.74, 6) is -0.912. The van der Waals surface area contributed by atoms with E-state index in [2.05, 4.69) is 4.98 Å². The van der Waals surface area contributed by atoms with Gasteiger partial charge in [0, 0.05) is 5.69 Å². The number of rotatable bonds is 2. The third-order valence-electron chi connectivity index (χ3n) is 1.91. The van der Waals surface area contributed by atoms with Crippen molar-refractivity contribution in [3.05, 3.63) is 36.2 Å². The van der Waals surface area contributed by atoms with Crippen LogP contribution in [0.3, 0.4) is 0 Å². The van der Waals surface area contributed by atoms with Crippen molar-refractivity contribution >= 4 is 11.7 Å². The van der Waals surface area contributed by atoms with Crippen LogP contribution in [-0.2, 0) is 0 Å². The lowest BCUT2D eigenvalue weighted by Gasteiger charge is -1.98. The third-order valence-corrected chi connectivity index (χ3v) is 1.91. The zero-order chi connectivity index (χ0) is 10.8. The van der Waals surface area contributed by atoms with Crippen LogP contribution in [0.1, 0.15) is 10.5 Å². The first-order valence-electron chi connectivity index (χ1n) is 4.22. The summed E-state index contributed by atoms with van der Waals surface area (Å²) >= 11 is 0. The van der Waals surface area contributed by atoms with Crippen LogP contribution >= 0.6 is 0 Å². The molecule has 1 heterocycles. The van der Waals surface area contributed by atoms with Crippen LogP contribution in [0, 0.1) is 0 Å². The fourth-order valence-corrected chi connectivity index (χ4v) is 1.19. The summed E-state index contributed by atoms with van der Waals surface area (Å²) < 4.78 is 5.02. The molecule has 0 atom stereocenters. The number of hydrogen-bond acceptors (Lipinski definition) is 4. The number of anilines is 1. The van der Waals surface area contributed by atoms with Crippen LogP contribution in [0.5, 0.6) is 0 Å². The molecule has 0 spiro atoms. The van der Waals surface area contributed by atoms with Crippen molar-refractivity contribution in [2.24, 2.45) is 0 Å². The highest BCUT2D eigenvalue weighted by Crippen LogP contribution is 2.24. The third kappa shape index (κ3) is 1.67. The molecule has 2 aromatic rings. The van der Waals surface area contributed by atoms with Gasteiger partial charge >= 0.3 is 5.97 Å². The quantitative estimate of drug-likeness (QED) is 0.725. The number of carbonyl (C=O) groups is 1. The first kappa shape index (κ1) is 9.26. The molecule has 2 rings (SSSR count). The first-order chi connectivity index (χ1) is 7.18.